The summed E-state index contributed by atoms with van der Waals surface area (Å²) in [5.41, 5.74) is 2.33. The lowest BCUT2D eigenvalue weighted by molar-refractivity contribution is -0.0413. The van der Waals surface area contributed by atoms with Crippen LogP contribution in [0.15, 0.2) is 48.5 Å². The molecule has 6 rings (SSSR count). The monoisotopic (exact) mass is 432 g/mol. The minimum atomic E-state index is -0.886. The van der Waals surface area contributed by atoms with Crippen LogP contribution in [-0.2, 0) is 0 Å². The number of carbonyl (C=O) groups excluding carboxylic acids is 3. The Kier molecular flexibility index (Phi) is 4.75. The molecular weight excluding hydrogens is 404 g/mol. The van der Waals surface area contributed by atoms with Crippen molar-refractivity contribution in [3.63, 3.8) is 0 Å². The fourth-order valence-corrected chi connectivity index (χ4v) is 6.23. The van der Waals surface area contributed by atoms with E-state index in [-0.39, 0.29) is 28.6 Å². The Morgan fingerprint density at radius 2 is 1.56 bits per heavy atom. The predicted octanol–water partition coefficient (Wildman–Crippen LogP) is 3.63. The van der Waals surface area contributed by atoms with Gasteiger partial charge in [0.05, 0.1) is 11.1 Å². The van der Waals surface area contributed by atoms with Gasteiger partial charge in [0.25, 0.3) is 17.7 Å². The molecule has 1 heterocycles. The zero-order valence-electron chi connectivity index (χ0n) is 18.5. The summed E-state index contributed by atoms with van der Waals surface area (Å²) in [5.74, 6) is -0.563. The summed E-state index contributed by atoms with van der Waals surface area (Å²) < 4.78 is 0. The van der Waals surface area contributed by atoms with Crippen LogP contribution in [0.25, 0.3) is 0 Å². The van der Waals surface area contributed by atoms with Crippen molar-refractivity contribution >= 4 is 17.7 Å². The Morgan fingerprint density at radius 1 is 1.00 bits per heavy atom. The first-order chi connectivity index (χ1) is 15.2. The molecule has 4 aliphatic rings. The molecule has 1 aliphatic heterocycles. The third-order valence-corrected chi connectivity index (χ3v) is 7.65. The summed E-state index contributed by atoms with van der Waals surface area (Å²) in [6, 6.07) is 14.4. The Morgan fingerprint density at radius 3 is 2.16 bits per heavy atom. The zero-order valence-corrected chi connectivity index (χ0v) is 18.5. The number of amides is 3. The summed E-state index contributed by atoms with van der Waals surface area (Å²) >= 11 is 0. The normalized spacial score (nSPS) is 26.7. The molecule has 1 unspecified atom stereocenters. The maximum absolute atomic E-state index is 13.2. The van der Waals surface area contributed by atoms with E-state index < -0.39 is 6.23 Å². The molecule has 0 spiro atoms. The van der Waals surface area contributed by atoms with Gasteiger partial charge in [-0.05, 0) is 74.1 Å². The van der Waals surface area contributed by atoms with Gasteiger partial charge in [0.15, 0.2) is 0 Å². The van der Waals surface area contributed by atoms with Gasteiger partial charge < -0.3 is 10.0 Å². The fraction of sp³-hybridized carbons (Fsp3) is 0.423. The quantitative estimate of drug-likeness (QED) is 0.559. The molecule has 166 valence electrons. The van der Waals surface area contributed by atoms with Gasteiger partial charge in [0.2, 0.25) is 0 Å². The number of benzene rings is 2. The molecule has 1 atom stereocenters. The highest BCUT2D eigenvalue weighted by Gasteiger charge is 2.62. The number of aliphatic hydroxyl groups is 1. The van der Waals surface area contributed by atoms with Crippen LogP contribution >= 0.6 is 0 Å². The molecule has 3 fully saturated rings. The van der Waals surface area contributed by atoms with E-state index in [4.69, 9.17) is 0 Å². The van der Waals surface area contributed by atoms with Crippen LogP contribution in [0.1, 0.15) is 69.2 Å². The average Bonchev–Trinajstić information content (AvgIpc) is 3.37. The van der Waals surface area contributed by atoms with Gasteiger partial charge in [-0.15, -0.1) is 0 Å². The van der Waals surface area contributed by atoms with Crippen molar-refractivity contribution in [2.75, 3.05) is 13.1 Å². The second-order valence-electron chi connectivity index (χ2n) is 9.98. The van der Waals surface area contributed by atoms with Crippen molar-refractivity contribution in [2.45, 2.75) is 45.8 Å². The van der Waals surface area contributed by atoms with E-state index >= 15 is 0 Å². The van der Waals surface area contributed by atoms with Crippen molar-refractivity contribution in [2.24, 2.45) is 10.8 Å². The highest BCUT2D eigenvalue weighted by Crippen LogP contribution is 2.67. The van der Waals surface area contributed by atoms with Gasteiger partial charge in [0.1, 0.15) is 6.23 Å². The van der Waals surface area contributed by atoms with Crippen molar-refractivity contribution < 1.29 is 19.5 Å². The van der Waals surface area contributed by atoms with E-state index in [0.717, 1.165) is 31.2 Å². The van der Waals surface area contributed by atoms with Gasteiger partial charge in [-0.2, -0.15) is 0 Å². The molecular formula is C26H28N2O4. The zero-order chi connectivity index (χ0) is 22.7. The SMILES string of the molecule is Cc1ccccc1C(=O)N(CC12CCC(CN3C(=O)c4ccccc4C3=O)(C1)C2)C(C)O. The molecule has 32 heavy (non-hydrogen) atoms. The molecule has 2 bridgehead atoms. The Balaban J connectivity index is 1.29. The molecule has 6 nitrogen and oxygen atoms in total. The number of imide groups is 1. The minimum absolute atomic E-state index is 0.0615. The van der Waals surface area contributed by atoms with Gasteiger partial charge >= 0.3 is 0 Å². The molecule has 6 heteroatoms. The van der Waals surface area contributed by atoms with Gasteiger partial charge in [-0.25, -0.2) is 0 Å². The number of rotatable bonds is 6. The molecule has 0 radical (unpaired) electrons. The molecule has 3 aliphatic carbocycles. The maximum atomic E-state index is 13.2. The Hall–Kier alpha value is -2.99. The van der Waals surface area contributed by atoms with Gasteiger partial charge in [-0.1, -0.05) is 30.3 Å². The fourth-order valence-electron chi connectivity index (χ4n) is 6.23. The third-order valence-electron chi connectivity index (χ3n) is 7.65. The van der Waals surface area contributed by atoms with Crippen LogP contribution in [0, 0.1) is 17.8 Å². The topological polar surface area (TPSA) is 77.9 Å². The summed E-state index contributed by atoms with van der Waals surface area (Å²) in [7, 11) is 0. The number of aliphatic hydroxyl groups excluding tert-OH is 1. The summed E-state index contributed by atoms with van der Waals surface area (Å²) in [6.45, 7) is 4.45. The van der Waals surface area contributed by atoms with Crippen molar-refractivity contribution in [3.05, 3.63) is 70.8 Å². The van der Waals surface area contributed by atoms with Crippen molar-refractivity contribution in [1.82, 2.24) is 9.80 Å². The summed E-state index contributed by atoms with van der Waals surface area (Å²) in [5, 5.41) is 10.4. The maximum Gasteiger partial charge on any atom is 0.261 e. The number of carbonyl (C=O) groups is 3. The lowest BCUT2D eigenvalue weighted by atomic mass is 9.59. The second kappa shape index (κ2) is 7.27. The van der Waals surface area contributed by atoms with Crippen LogP contribution in [0.5, 0.6) is 0 Å². The molecule has 2 aromatic rings. The minimum Gasteiger partial charge on any atom is -0.374 e. The van der Waals surface area contributed by atoms with E-state index in [1.807, 2.05) is 25.1 Å². The first-order valence-corrected chi connectivity index (χ1v) is 11.2. The molecule has 3 amide bonds. The first kappa shape index (κ1) is 20.9. The van der Waals surface area contributed by atoms with E-state index in [9.17, 15) is 19.5 Å². The molecule has 3 saturated carbocycles. The summed E-state index contributed by atoms with van der Waals surface area (Å²) in [4.78, 5) is 41.8. The highest BCUT2D eigenvalue weighted by atomic mass is 16.3. The van der Waals surface area contributed by atoms with Crippen LogP contribution < -0.4 is 0 Å². The van der Waals surface area contributed by atoms with E-state index in [1.54, 1.807) is 42.2 Å². The number of hydrogen-bond acceptors (Lipinski definition) is 4. The van der Waals surface area contributed by atoms with Crippen LogP contribution in [0.2, 0.25) is 0 Å². The lowest BCUT2D eigenvalue weighted by Crippen LogP contribution is -2.53. The Bertz CT molecular complexity index is 1080. The van der Waals surface area contributed by atoms with Crippen molar-refractivity contribution in [1.29, 1.82) is 0 Å². The number of hydrogen-bond donors (Lipinski definition) is 1. The number of nitrogens with zero attached hydrogens (tertiary/aromatic N) is 2. The first-order valence-electron chi connectivity index (χ1n) is 11.2. The second-order valence-corrected chi connectivity index (χ2v) is 9.98. The highest BCUT2D eigenvalue weighted by molar-refractivity contribution is 6.21. The smallest absolute Gasteiger partial charge is 0.261 e. The average molecular weight is 433 g/mol. The van der Waals surface area contributed by atoms with E-state index in [2.05, 4.69) is 0 Å². The van der Waals surface area contributed by atoms with Gasteiger partial charge in [0, 0.05) is 18.7 Å². The summed E-state index contributed by atoms with van der Waals surface area (Å²) in [6.07, 6.45) is 2.69. The van der Waals surface area contributed by atoms with E-state index in [0.29, 0.717) is 29.8 Å². The van der Waals surface area contributed by atoms with Crippen LogP contribution in [0.3, 0.4) is 0 Å². The molecule has 2 aromatic carbocycles. The van der Waals surface area contributed by atoms with E-state index in [1.165, 1.54) is 4.90 Å². The molecule has 0 saturated heterocycles. The standard InChI is InChI=1S/C26H28N2O4/c1-17-7-3-4-8-19(17)22(30)27(18(2)29)15-25-11-12-26(13-25,14-25)16-28-23(31)20-9-5-6-10-21(20)24(28)32/h3-10,18,29H,11-16H2,1-2H3. The van der Waals surface area contributed by atoms with Crippen molar-refractivity contribution in [3.8, 4) is 0 Å². The van der Waals surface area contributed by atoms with Crippen LogP contribution in [0.4, 0.5) is 0 Å². The van der Waals surface area contributed by atoms with Gasteiger partial charge in [-0.3, -0.25) is 19.3 Å². The molecule has 0 aromatic heterocycles. The molecule has 1 N–H and O–H groups in total. The van der Waals surface area contributed by atoms with Crippen LogP contribution in [-0.4, -0.2) is 51.9 Å². The Labute approximate surface area is 187 Å². The third kappa shape index (κ3) is 3.16. The lowest BCUT2D eigenvalue weighted by Gasteiger charge is -2.50. The number of aryl methyl sites for hydroxylation is 1. The predicted molar refractivity (Wildman–Crippen MR) is 119 cm³/mol. The largest absolute Gasteiger partial charge is 0.374 e. The number of fused-ring (bicyclic) bond motifs is 2.